The SMILES string of the molecule is C.C.C=Cc1cccc(C)c1.C[C@@H](O)CN.C[C@H](O)CN.Cc1cccc(C(O)CNC[C@@H](C)O)c1.Cc1cccc(C(O)CNC[C@H](C)O)c1.Cc1cccc(C2CNC[C@@H](C)O2)c1.Cc1cccc(C2CNC[C@H](C)O2)c1.Cc1cccc(C2CO2)c1.Cc1cccc([C@@H]2CNC[C@@H](C)O2)c1.Cc1cccc([C@@H]2CNC[C@H](C)O2)c1. The van der Waals surface area contributed by atoms with Gasteiger partial charge in [0.1, 0.15) is 6.10 Å². The minimum atomic E-state index is -0.511. The number of hydrogen-bond acceptors (Lipinski definition) is 19. The van der Waals surface area contributed by atoms with Crippen LogP contribution >= 0.6 is 0 Å². The summed E-state index contributed by atoms with van der Waals surface area (Å²) < 4.78 is 28.6. The van der Waals surface area contributed by atoms with E-state index < -0.39 is 12.2 Å². The summed E-state index contributed by atoms with van der Waals surface area (Å²) >= 11 is 0. The predicted molar refractivity (Wildman–Crippen MR) is 487 cm³/mol. The minimum absolute atomic E-state index is 0. The quantitative estimate of drug-likeness (QED) is 0.0355. The second-order valence-electron chi connectivity index (χ2n) is 30.9. The number of ether oxygens (including phenoxy) is 5. The van der Waals surface area contributed by atoms with Crippen LogP contribution in [0.4, 0.5) is 0 Å². The summed E-state index contributed by atoms with van der Waals surface area (Å²) in [6, 6.07) is 66.5. The molecule has 16 N–H and O–H groups in total. The fraction of sp³-hybridized carbons (Fsp3) is 0.490. The number of nitrogens with one attached hydrogen (secondary N) is 6. The van der Waals surface area contributed by atoms with Gasteiger partial charge in [0, 0.05) is 91.6 Å². The van der Waals surface area contributed by atoms with Crippen LogP contribution < -0.4 is 43.4 Å². The van der Waals surface area contributed by atoms with Crippen molar-refractivity contribution in [3.05, 3.63) is 290 Å². The van der Waals surface area contributed by atoms with E-state index in [-0.39, 0.29) is 63.7 Å². The zero-order valence-corrected chi connectivity index (χ0v) is 71.9. The molecule has 0 saturated carbocycles. The van der Waals surface area contributed by atoms with E-state index in [1.54, 1.807) is 27.7 Å². The van der Waals surface area contributed by atoms with Crippen LogP contribution in [0.2, 0.25) is 0 Å². The molecule has 19 nitrogen and oxygen atoms in total. The molecule has 5 aliphatic heterocycles. The van der Waals surface area contributed by atoms with Gasteiger partial charge >= 0.3 is 0 Å². The molecule has 5 saturated heterocycles. The highest BCUT2D eigenvalue weighted by molar-refractivity contribution is 5.47. The molecular formula is C98H152N8O11. The van der Waals surface area contributed by atoms with Gasteiger partial charge in [-0.2, -0.15) is 0 Å². The Morgan fingerprint density at radius 1 is 0.350 bits per heavy atom. The van der Waals surface area contributed by atoms with E-state index in [0.29, 0.717) is 69.8 Å². The van der Waals surface area contributed by atoms with Crippen molar-refractivity contribution in [2.24, 2.45) is 11.5 Å². The Hall–Kier alpha value is -7.26. The van der Waals surface area contributed by atoms with Crippen LogP contribution in [0.25, 0.3) is 6.08 Å². The number of hydrogen-bond donors (Lipinski definition) is 14. The molecule has 5 fully saturated rings. The van der Waals surface area contributed by atoms with Crippen molar-refractivity contribution < 1.29 is 54.3 Å². The van der Waals surface area contributed by atoms with Gasteiger partial charge in [0.15, 0.2) is 0 Å². The van der Waals surface area contributed by atoms with Gasteiger partial charge in [-0.15, -0.1) is 0 Å². The van der Waals surface area contributed by atoms with E-state index in [9.17, 15) is 10.2 Å². The van der Waals surface area contributed by atoms with Crippen molar-refractivity contribution in [3.8, 4) is 0 Å². The van der Waals surface area contributed by atoms with Crippen molar-refractivity contribution in [1.29, 1.82) is 0 Å². The molecule has 5 unspecified atom stereocenters. The van der Waals surface area contributed by atoms with Gasteiger partial charge in [-0.25, -0.2) is 0 Å². The molecule has 5 heterocycles. The van der Waals surface area contributed by atoms with Crippen LogP contribution in [0.5, 0.6) is 0 Å². The van der Waals surface area contributed by atoms with Crippen molar-refractivity contribution in [2.45, 2.75) is 217 Å². The monoisotopic (exact) mass is 1620 g/mol. The summed E-state index contributed by atoms with van der Waals surface area (Å²) in [5.74, 6) is 0. The highest BCUT2D eigenvalue weighted by atomic mass is 16.6. The third-order valence-corrected chi connectivity index (χ3v) is 18.4. The molecule has 0 aromatic heterocycles. The zero-order valence-electron chi connectivity index (χ0n) is 71.9. The molecule has 5 aliphatic rings. The molecule has 15 atom stereocenters. The molecule has 8 aromatic carbocycles. The summed E-state index contributed by atoms with van der Waals surface area (Å²) in [6.07, 6.45) is 1.94. The summed E-state index contributed by atoms with van der Waals surface area (Å²) in [6.45, 7) is 46.6. The van der Waals surface area contributed by atoms with Gasteiger partial charge in [0.25, 0.3) is 0 Å². The molecule has 13 rings (SSSR count). The van der Waals surface area contributed by atoms with Crippen molar-refractivity contribution in [2.75, 3.05) is 98.2 Å². The number of rotatable bonds is 18. The first-order valence-corrected chi connectivity index (χ1v) is 41.0. The number of benzene rings is 8. The molecular weight excluding hydrogens is 1470 g/mol. The number of aliphatic hydroxyl groups is 6. The Morgan fingerprint density at radius 2 is 0.581 bits per heavy atom. The Labute approximate surface area is 705 Å². The molecule has 0 aliphatic carbocycles. The summed E-state index contributed by atoms with van der Waals surface area (Å²) in [5, 5.41) is 73.7. The van der Waals surface area contributed by atoms with E-state index >= 15 is 0 Å². The van der Waals surface area contributed by atoms with Crippen LogP contribution in [0, 0.1) is 55.4 Å². The Bertz CT molecular complexity index is 3570. The number of aliphatic hydroxyl groups excluding tert-OH is 6. The average Bonchev–Trinajstić information content (AvgIpc) is 1.80. The van der Waals surface area contributed by atoms with E-state index in [4.69, 9.17) is 55.6 Å². The lowest BCUT2D eigenvalue weighted by Crippen LogP contribution is -2.38. The van der Waals surface area contributed by atoms with Gasteiger partial charge in [-0.3, -0.25) is 0 Å². The normalized spacial score (nSPS) is 20.9. The molecule has 0 spiro atoms. The van der Waals surface area contributed by atoms with E-state index in [1.807, 2.05) is 80.6 Å². The molecule has 0 bridgehead atoms. The fourth-order valence-electron chi connectivity index (χ4n) is 12.2. The summed E-state index contributed by atoms with van der Waals surface area (Å²) in [4.78, 5) is 0. The van der Waals surface area contributed by atoms with Crippen LogP contribution in [0.1, 0.15) is 202 Å². The topological polar surface area (TPSA) is 295 Å². The van der Waals surface area contributed by atoms with Crippen LogP contribution in [-0.2, 0) is 23.7 Å². The Kier molecular flexibility index (Phi) is 54.5. The van der Waals surface area contributed by atoms with E-state index in [0.717, 1.165) is 81.2 Å². The van der Waals surface area contributed by atoms with Crippen molar-refractivity contribution >= 4 is 6.08 Å². The third kappa shape index (κ3) is 47.4. The maximum Gasteiger partial charge on any atom is 0.106 e. The molecule has 0 radical (unpaired) electrons. The largest absolute Gasteiger partial charge is 0.392 e. The Morgan fingerprint density at radius 3 is 0.778 bits per heavy atom. The fourth-order valence-corrected chi connectivity index (χ4v) is 12.2. The number of epoxide rings is 1. The maximum absolute atomic E-state index is 9.81. The molecule has 650 valence electrons. The lowest BCUT2D eigenvalue weighted by atomic mass is 10.1. The van der Waals surface area contributed by atoms with Gasteiger partial charge in [-0.1, -0.05) is 266 Å². The highest BCUT2D eigenvalue weighted by Crippen LogP contribution is 2.30. The second kappa shape index (κ2) is 60.3. The first kappa shape index (κ1) is 106. The Balaban J connectivity index is 0.000000446. The molecule has 117 heavy (non-hydrogen) atoms. The first-order chi connectivity index (χ1) is 54.9. The minimum Gasteiger partial charge on any atom is -0.392 e. The molecule has 0 amide bonds. The number of morpholine rings is 4. The van der Waals surface area contributed by atoms with Gasteiger partial charge in [0.2, 0.25) is 0 Å². The smallest absolute Gasteiger partial charge is 0.106 e. The lowest BCUT2D eigenvalue weighted by Gasteiger charge is -2.29. The van der Waals surface area contributed by atoms with Gasteiger partial charge in [-0.05, 0) is 155 Å². The first-order valence-electron chi connectivity index (χ1n) is 41.0. The molecule has 19 heteroatoms. The van der Waals surface area contributed by atoms with Crippen LogP contribution in [0.3, 0.4) is 0 Å². The van der Waals surface area contributed by atoms with Crippen LogP contribution in [0.15, 0.2) is 201 Å². The summed E-state index contributed by atoms with van der Waals surface area (Å²) in [5.41, 5.74) is 29.4. The van der Waals surface area contributed by atoms with E-state index in [2.05, 4.69) is 241 Å². The standard InChI is InChI=1S/2C12H19NO2.4C12H17NO.C9H10O.C9H10.2C3H9NO.2CH4/c2*1-9-4-3-5-11(6-9)12(15)8-13-7-10(2)14;4*1-9-4-3-5-11(6-9)12-8-13-7-10(2)14-12;1-7-3-2-4-8(5-7)9-6-10-9;1-3-9-6-4-5-8(2)7-9;2*1-3(5)2-4;;/h2*3-6,10,12-15H,7-8H2,1-2H3;4*3-6,10,12-13H,7-8H2,1-2H3;2-5,9H,6H2,1H3;3-7H,1H2,2H3;2*3,5H,2,4H2,1H3;2*1H4/t4*10-,12?;10-,12+;10-,12-;;;2*3-;;/m101010..10../s1. The number of aryl methyl sites for hydroxylation is 8. The van der Waals surface area contributed by atoms with Crippen molar-refractivity contribution in [1.82, 2.24) is 31.9 Å². The zero-order chi connectivity index (χ0) is 84.6. The summed E-state index contributed by atoms with van der Waals surface area (Å²) in [7, 11) is 0. The number of nitrogens with two attached hydrogens (primary N) is 2. The predicted octanol–water partition coefficient (Wildman–Crippen LogP) is 14.8. The van der Waals surface area contributed by atoms with Crippen molar-refractivity contribution in [3.63, 3.8) is 0 Å². The lowest BCUT2D eigenvalue weighted by molar-refractivity contribution is -0.0288. The highest BCUT2D eigenvalue weighted by Gasteiger charge is 2.26. The van der Waals surface area contributed by atoms with E-state index in [1.165, 1.54) is 66.8 Å². The third-order valence-electron chi connectivity index (χ3n) is 18.4. The average molecular weight is 1620 g/mol. The van der Waals surface area contributed by atoms with Gasteiger partial charge < -0.3 is 97.7 Å². The second-order valence-corrected chi connectivity index (χ2v) is 30.9. The van der Waals surface area contributed by atoms with Gasteiger partial charge in [0.05, 0.1) is 92.1 Å². The maximum atomic E-state index is 9.81. The van der Waals surface area contributed by atoms with Crippen LogP contribution in [-0.4, -0.2) is 178 Å². The molecule has 8 aromatic rings.